The molecular formula is C35H33N7O2. The SMILES string of the molecule is [C-]#[N+]C[C@H](C1CCCC1)n1cc(-c2ncnc3c2ccn3C(=O)C(CC)c2ccc(N3Cc4ccccc4C3=O)cc2)cn1. The first-order valence-corrected chi connectivity index (χ1v) is 15.3. The molecule has 5 aromatic rings. The van der Waals surface area contributed by atoms with E-state index in [4.69, 9.17) is 6.57 Å². The largest absolute Gasteiger partial charge is 0.315 e. The molecular weight excluding hydrogens is 550 g/mol. The van der Waals surface area contributed by atoms with Gasteiger partial charge in [0.05, 0.1) is 24.4 Å². The predicted molar refractivity (Wildman–Crippen MR) is 168 cm³/mol. The number of aromatic nitrogens is 5. The molecule has 0 spiro atoms. The highest BCUT2D eigenvalue weighted by Crippen LogP contribution is 2.36. The van der Waals surface area contributed by atoms with Crippen LogP contribution >= 0.6 is 0 Å². The molecule has 0 saturated heterocycles. The van der Waals surface area contributed by atoms with Gasteiger partial charge in [-0.2, -0.15) is 5.10 Å². The zero-order valence-electron chi connectivity index (χ0n) is 24.6. The van der Waals surface area contributed by atoms with Gasteiger partial charge < -0.3 is 9.74 Å². The van der Waals surface area contributed by atoms with Crippen molar-refractivity contribution in [3.63, 3.8) is 0 Å². The minimum Gasteiger partial charge on any atom is -0.315 e. The molecule has 1 saturated carbocycles. The highest BCUT2D eigenvalue weighted by Gasteiger charge is 2.31. The Morgan fingerprint density at radius 1 is 1.07 bits per heavy atom. The zero-order chi connectivity index (χ0) is 30.2. The summed E-state index contributed by atoms with van der Waals surface area (Å²) >= 11 is 0. The van der Waals surface area contributed by atoms with E-state index in [-0.39, 0.29) is 23.8 Å². The van der Waals surface area contributed by atoms with Crippen molar-refractivity contribution in [2.75, 3.05) is 11.4 Å². The molecule has 1 aliphatic heterocycles. The van der Waals surface area contributed by atoms with Gasteiger partial charge in [0.15, 0.2) is 5.65 Å². The van der Waals surface area contributed by atoms with E-state index >= 15 is 0 Å². The molecule has 1 fully saturated rings. The van der Waals surface area contributed by atoms with Crippen LogP contribution in [0, 0.1) is 12.5 Å². The monoisotopic (exact) mass is 583 g/mol. The van der Waals surface area contributed by atoms with Crippen molar-refractivity contribution in [1.29, 1.82) is 0 Å². The fourth-order valence-electron chi connectivity index (χ4n) is 6.96. The van der Waals surface area contributed by atoms with E-state index in [0.29, 0.717) is 31.1 Å². The lowest BCUT2D eigenvalue weighted by atomic mass is 9.95. The second-order valence-corrected chi connectivity index (χ2v) is 11.7. The fourth-order valence-corrected chi connectivity index (χ4v) is 6.96. The lowest BCUT2D eigenvalue weighted by Gasteiger charge is -2.19. The molecule has 7 rings (SSSR count). The topological polar surface area (TPSA) is 90.3 Å². The Morgan fingerprint density at radius 2 is 1.86 bits per heavy atom. The molecule has 3 aromatic heterocycles. The Kier molecular flexibility index (Phi) is 7.26. The number of rotatable bonds is 8. The third-order valence-electron chi connectivity index (χ3n) is 9.29. The third kappa shape index (κ3) is 4.77. The molecule has 4 heterocycles. The average molecular weight is 584 g/mol. The van der Waals surface area contributed by atoms with Crippen LogP contribution in [-0.4, -0.2) is 42.7 Å². The van der Waals surface area contributed by atoms with Crippen LogP contribution in [0.4, 0.5) is 5.69 Å². The van der Waals surface area contributed by atoms with Gasteiger partial charge in [0.25, 0.3) is 5.91 Å². The number of carbonyl (C=O) groups excluding carboxylic acids is 2. The molecule has 0 bridgehead atoms. The normalized spacial score (nSPS) is 16.3. The zero-order valence-corrected chi connectivity index (χ0v) is 24.6. The molecule has 2 aromatic carbocycles. The summed E-state index contributed by atoms with van der Waals surface area (Å²) in [5, 5.41) is 5.43. The molecule has 9 nitrogen and oxygen atoms in total. The molecule has 2 aliphatic rings. The number of hydrogen-bond donors (Lipinski definition) is 0. The number of benzene rings is 2. The number of hydrogen-bond acceptors (Lipinski definition) is 5. The molecule has 1 amide bonds. The van der Waals surface area contributed by atoms with E-state index in [9.17, 15) is 9.59 Å². The highest BCUT2D eigenvalue weighted by molar-refractivity contribution is 6.10. The lowest BCUT2D eigenvalue weighted by molar-refractivity contribution is 0.0879. The van der Waals surface area contributed by atoms with E-state index in [1.807, 2.05) is 72.4 Å². The quantitative estimate of drug-likeness (QED) is 0.185. The van der Waals surface area contributed by atoms with E-state index in [1.165, 1.54) is 19.2 Å². The van der Waals surface area contributed by atoms with E-state index in [0.717, 1.165) is 51.9 Å². The van der Waals surface area contributed by atoms with Gasteiger partial charge in [0.1, 0.15) is 12.4 Å². The van der Waals surface area contributed by atoms with Crippen molar-refractivity contribution >= 4 is 28.5 Å². The first kappa shape index (κ1) is 27.7. The predicted octanol–water partition coefficient (Wildman–Crippen LogP) is 6.94. The molecule has 1 aliphatic carbocycles. The molecule has 1 unspecified atom stereocenters. The Morgan fingerprint density at radius 3 is 2.61 bits per heavy atom. The second-order valence-electron chi connectivity index (χ2n) is 11.7. The van der Waals surface area contributed by atoms with Crippen molar-refractivity contribution in [3.05, 3.63) is 108 Å². The Balaban J connectivity index is 1.14. The van der Waals surface area contributed by atoms with Gasteiger partial charge in [-0.15, -0.1) is 0 Å². The summed E-state index contributed by atoms with van der Waals surface area (Å²) in [7, 11) is 0. The molecule has 0 N–H and O–H groups in total. The lowest BCUT2D eigenvalue weighted by Crippen LogP contribution is -2.23. The minimum atomic E-state index is -0.381. The van der Waals surface area contributed by atoms with Crippen molar-refractivity contribution in [2.24, 2.45) is 5.92 Å². The number of fused-ring (bicyclic) bond motifs is 2. The summed E-state index contributed by atoms with van der Waals surface area (Å²) in [6.45, 7) is 10.4. The van der Waals surface area contributed by atoms with Crippen LogP contribution in [0.25, 0.3) is 27.1 Å². The van der Waals surface area contributed by atoms with Crippen LogP contribution in [0.15, 0.2) is 79.5 Å². The van der Waals surface area contributed by atoms with E-state index < -0.39 is 0 Å². The van der Waals surface area contributed by atoms with Crippen molar-refractivity contribution in [3.8, 4) is 11.3 Å². The fraction of sp³-hybridized carbons (Fsp3) is 0.314. The molecule has 220 valence electrons. The molecule has 0 radical (unpaired) electrons. The Bertz CT molecular complexity index is 1890. The smallest absolute Gasteiger partial charge is 0.258 e. The maximum atomic E-state index is 13.9. The Labute approximate surface area is 256 Å². The van der Waals surface area contributed by atoms with Crippen LogP contribution in [0.5, 0.6) is 0 Å². The van der Waals surface area contributed by atoms with Gasteiger partial charge >= 0.3 is 0 Å². The van der Waals surface area contributed by atoms with Crippen LogP contribution in [0.1, 0.15) is 77.3 Å². The van der Waals surface area contributed by atoms with Gasteiger partial charge in [0, 0.05) is 34.6 Å². The van der Waals surface area contributed by atoms with Crippen LogP contribution in [0.2, 0.25) is 0 Å². The van der Waals surface area contributed by atoms with Crippen molar-refractivity contribution in [1.82, 2.24) is 24.3 Å². The van der Waals surface area contributed by atoms with Crippen molar-refractivity contribution < 1.29 is 9.59 Å². The first-order valence-electron chi connectivity index (χ1n) is 15.3. The van der Waals surface area contributed by atoms with E-state index in [1.54, 1.807) is 21.9 Å². The average Bonchev–Trinajstić information content (AvgIpc) is 3.88. The number of carbonyl (C=O) groups is 2. The highest BCUT2D eigenvalue weighted by atomic mass is 16.2. The van der Waals surface area contributed by atoms with E-state index in [2.05, 4.69) is 19.9 Å². The summed E-state index contributed by atoms with van der Waals surface area (Å²) in [4.78, 5) is 41.5. The molecule has 44 heavy (non-hydrogen) atoms. The summed E-state index contributed by atoms with van der Waals surface area (Å²) in [5.41, 5.74) is 5.58. The molecule has 2 atom stereocenters. The first-order chi connectivity index (χ1) is 21.6. The summed E-state index contributed by atoms with van der Waals surface area (Å²) < 4.78 is 3.55. The number of nitrogens with zero attached hydrogens (tertiary/aromatic N) is 7. The van der Waals surface area contributed by atoms with Crippen molar-refractivity contribution in [2.45, 2.75) is 57.5 Å². The third-order valence-corrected chi connectivity index (χ3v) is 9.29. The minimum absolute atomic E-state index is 0.00300. The van der Waals surface area contributed by atoms with Gasteiger partial charge in [-0.25, -0.2) is 16.5 Å². The molecule has 9 heteroatoms. The van der Waals surface area contributed by atoms with Gasteiger partial charge in [-0.05, 0) is 60.6 Å². The number of anilines is 1. The van der Waals surface area contributed by atoms with Gasteiger partial charge in [0.2, 0.25) is 12.5 Å². The summed E-state index contributed by atoms with van der Waals surface area (Å²) in [6.07, 6.45) is 12.3. The standard InChI is InChI=1S/C35H33N7O2/c1-3-28(23-12-14-27(15-13-23)41-20-25-10-6-7-11-29(25)35(41)44)34(43)40-17-16-30-32(37-22-38-33(30)40)26-18-39-42(21-26)31(19-36-2)24-8-4-5-9-24/h6-7,10-18,21-22,24,28,31H,3-5,8-9,19-20H2,1H3/t28?,31-/m1/s1. The summed E-state index contributed by atoms with van der Waals surface area (Å²) in [6, 6.07) is 17.4. The van der Waals surface area contributed by atoms with Crippen LogP contribution in [-0.2, 0) is 6.54 Å². The maximum absolute atomic E-state index is 13.9. The number of amides is 1. The second kappa shape index (κ2) is 11.5. The van der Waals surface area contributed by atoms with Crippen LogP contribution in [0.3, 0.4) is 0 Å². The van der Waals surface area contributed by atoms with Gasteiger partial charge in [-0.3, -0.25) is 18.8 Å². The van der Waals surface area contributed by atoms with Gasteiger partial charge in [-0.1, -0.05) is 50.1 Å². The Hall–Kier alpha value is -5.10. The summed E-state index contributed by atoms with van der Waals surface area (Å²) in [5.74, 6) is 0.0107. The maximum Gasteiger partial charge on any atom is 0.258 e. The van der Waals surface area contributed by atoms with Crippen LogP contribution < -0.4 is 4.90 Å².